The van der Waals surface area contributed by atoms with Crippen LogP contribution >= 0.6 is 0 Å². The van der Waals surface area contributed by atoms with Crippen LogP contribution in [0, 0.1) is 39.8 Å². The van der Waals surface area contributed by atoms with Gasteiger partial charge in [-0.15, -0.1) is 0 Å². The molecule has 24 valence electrons. The van der Waals surface area contributed by atoms with Gasteiger partial charge in [-0.25, -0.2) is 0 Å². The van der Waals surface area contributed by atoms with Gasteiger partial charge in [-0.05, 0) is 0 Å². The molecular weight excluding hydrogens is 461 g/mol. The third-order valence-electron chi connectivity index (χ3n) is 0. The van der Waals surface area contributed by atoms with Crippen LogP contribution < -0.4 is 0 Å². The third kappa shape index (κ3) is 8.83. The molecule has 0 heterocycles. The van der Waals surface area contributed by atoms with Crippen LogP contribution in [-0.2, 0) is 22.0 Å². The molecule has 0 amide bonds. The Kier molecular flexibility index (Phi) is 68.1. The first-order valence-corrected chi connectivity index (χ1v) is 1.49. The molecule has 0 saturated heterocycles. The maximum absolute atomic E-state index is 8.39. The minimum absolute atomic E-state index is 0. The van der Waals surface area contributed by atoms with Gasteiger partial charge in [0, 0.05) is 21.1 Å². The summed E-state index contributed by atoms with van der Waals surface area (Å²) in [7, 11) is 0. The molecule has 0 N–H and O–H groups in total. The fraction of sp³-hybridized carbons (Fsp3) is 0. The van der Waals surface area contributed by atoms with E-state index in [2.05, 4.69) is 0 Å². The van der Waals surface area contributed by atoms with Crippen LogP contribution in [0.25, 0.3) is 0 Å². The van der Waals surface area contributed by atoms with E-state index in [0.717, 1.165) is 0 Å². The molecule has 0 fully saturated rings. The zero-order valence-corrected chi connectivity index (χ0v) is 12.7. The molecule has 4 heteroatoms. The first-order chi connectivity index (χ1) is 1.00. The maximum atomic E-state index is 8.39. The normalized spacial score (nSPS) is 0.750. The molecule has 0 radical (unpaired) electrons. The number of hydrogen-bond acceptors (Lipinski definition) is 1. The van der Waals surface area contributed by atoms with E-state index in [4.69, 9.17) is 0.938 Å². The topological polar surface area (TPSA) is 17.1 Å². The molecule has 0 aliphatic rings. The van der Waals surface area contributed by atoms with Crippen molar-refractivity contribution in [1.29, 1.82) is 0 Å². The van der Waals surface area contributed by atoms with Gasteiger partial charge in [0.15, 0.2) is 0 Å². The van der Waals surface area contributed by atoms with E-state index in [0.29, 0.717) is 0 Å². The van der Waals surface area contributed by atoms with Gasteiger partial charge in [-0.1, -0.05) is 0 Å². The Labute approximate surface area is 85.9 Å². The minimum atomic E-state index is 0. The van der Waals surface area contributed by atoms with Crippen LogP contribution in [0.1, 0.15) is 0 Å². The van der Waals surface area contributed by atoms with Crippen molar-refractivity contribution in [1.82, 2.24) is 0 Å². The van der Waals surface area contributed by atoms with Crippen molar-refractivity contribution in [2.45, 2.75) is 0 Å². The van der Waals surface area contributed by atoms with Crippen molar-refractivity contribution >= 4 is 26.2 Å². The molecule has 0 rings (SSSR count). The summed E-state index contributed by atoms with van der Waals surface area (Å²) in [4.78, 5) is 0. The summed E-state index contributed by atoms with van der Waals surface area (Å²) < 4.78 is 8.39. The van der Waals surface area contributed by atoms with Crippen LogP contribution in [0.3, 0.4) is 0 Å². The summed E-state index contributed by atoms with van der Waals surface area (Å²) in [5, 5.41) is 0. The van der Waals surface area contributed by atoms with Crippen LogP contribution in [0.2, 0.25) is 0 Å². The Balaban J connectivity index is -0.00000000500. The van der Waals surface area contributed by atoms with Gasteiger partial charge in [-0.2, -0.15) is 0 Å². The molecule has 0 aliphatic heterocycles. The van der Waals surface area contributed by atoms with Crippen LogP contribution in [-0.4, -0.2) is 26.2 Å². The van der Waals surface area contributed by atoms with Crippen LogP contribution in [0.15, 0.2) is 0 Å². The van der Waals surface area contributed by atoms with E-state index in [1.165, 1.54) is 0 Å². The van der Waals surface area contributed by atoms with E-state index >= 15 is 0 Å². The average Bonchev–Trinajstić information content (AvgIpc) is 1.00. The van der Waals surface area contributed by atoms with E-state index in [1.54, 1.807) is 0 Å². The molecule has 0 bridgehead atoms. The fourth-order valence-corrected chi connectivity index (χ4v) is 0. The molecule has 0 saturated carbocycles. The summed E-state index contributed by atoms with van der Waals surface area (Å²) in [6.07, 6.45) is 0. The van der Waals surface area contributed by atoms with E-state index in [9.17, 15) is 0 Å². The monoisotopic (exact) mass is 466 g/mol. The van der Waals surface area contributed by atoms with Gasteiger partial charge in [0.1, 0.15) is 0 Å². The standard InChI is InChI=1S/Bi.Ce.Mo.O.3H. The van der Waals surface area contributed by atoms with E-state index < -0.39 is 0 Å². The van der Waals surface area contributed by atoms with Gasteiger partial charge >= 0.3 is 66.9 Å². The molecule has 0 aromatic carbocycles. The van der Waals surface area contributed by atoms with Crippen molar-refractivity contribution in [2.24, 2.45) is 0 Å². The zero-order valence-electron chi connectivity index (χ0n) is 2.02. The second-order valence-corrected chi connectivity index (χ2v) is 0. The molecule has 0 unspecified atom stereocenters. The Morgan fingerprint density at radius 3 is 1.25 bits per heavy atom. The second-order valence-electron chi connectivity index (χ2n) is 0. The number of rotatable bonds is 0. The molecule has 1 nitrogen and oxygen atoms in total. The Hall–Kier alpha value is 2.75. The van der Waals surface area contributed by atoms with Crippen LogP contribution in [0.4, 0.5) is 0 Å². The van der Waals surface area contributed by atoms with E-state index in [1.807, 2.05) is 0 Å². The van der Waals surface area contributed by atoms with Crippen molar-refractivity contribution < 1.29 is 61.8 Å². The fourth-order valence-electron chi connectivity index (χ4n) is 0. The Morgan fingerprint density at radius 1 is 1.25 bits per heavy atom. The van der Waals surface area contributed by atoms with Crippen molar-refractivity contribution in [3.8, 4) is 0 Å². The molecule has 0 aromatic rings. The predicted molar refractivity (Wildman–Crippen MR) is 10.6 cm³/mol. The first kappa shape index (κ1) is 15.9. The molecule has 4 heavy (non-hydrogen) atoms. The predicted octanol–water partition coefficient (Wildman–Crippen LogP) is -1.31. The molecule has 0 aromatic heterocycles. The summed E-state index contributed by atoms with van der Waals surface area (Å²) in [6, 6.07) is 0. The quantitative estimate of drug-likeness (QED) is 0.408. The van der Waals surface area contributed by atoms with Crippen molar-refractivity contribution in [3.05, 3.63) is 0 Å². The summed E-state index contributed by atoms with van der Waals surface area (Å²) in [6.45, 7) is 0. The Morgan fingerprint density at radius 2 is 1.25 bits per heavy atom. The summed E-state index contributed by atoms with van der Waals surface area (Å²) >= 11 is 0.0556. The third-order valence-corrected chi connectivity index (χ3v) is 0. The Bertz CT molecular complexity index is 8.00. The molecule has 0 atom stereocenters. The SMILES string of the molecule is [BiH3].[Mo].[O]=[Ce]. The summed E-state index contributed by atoms with van der Waals surface area (Å²) in [5.74, 6) is 0. The summed E-state index contributed by atoms with van der Waals surface area (Å²) in [5.41, 5.74) is 0. The molecule has 0 aliphatic carbocycles. The average molecular weight is 464 g/mol. The number of hydrogen-bond donors (Lipinski definition) is 0. The van der Waals surface area contributed by atoms with Crippen LogP contribution in [0.5, 0.6) is 0 Å². The molecular formula is H3BiCeMoO. The van der Waals surface area contributed by atoms with E-state index in [-0.39, 0.29) is 87.0 Å². The van der Waals surface area contributed by atoms with Gasteiger partial charge in [0.25, 0.3) is 0 Å². The first-order valence-electron chi connectivity index (χ1n) is 0.204. The van der Waals surface area contributed by atoms with Gasteiger partial charge in [0.2, 0.25) is 0 Å². The molecule has 0 spiro atoms. The van der Waals surface area contributed by atoms with Crippen molar-refractivity contribution in [2.75, 3.05) is 0 Å². The van der Waals surface area contributed by atoms with Gasteiger partial charge in [-0.3, -0.25) is 0 Å². The van der Waals surface area contributed by atoms with Crippen molar-refractivity contribution in [3.63, 3.8) is 0 Å². The second kappa shape index (κ2) is 17.2. The van der Waals surface area contributed by atoms with Gasteiger partial charge < -0.3 is 0 Å². The van der Waals surface area contributed by atoms with Gasteiger partial charge in [0.05, 0.1) is 0 Å². The zero-order chi connectivity index (χ0) is 2.00.